The van der Waals surface area contributed by atoms with Crippen molar-refractivity contribution in [3.8, 4) is 11.5 Å². The van der Waals surface area contributed by atoms with E-state index in [1.807, 2.05) is 12.4 Å². The summed E-state index contributed by atoms with van der Waals surface area (Å²) in [5.41, 5.74) is 2.24. The Morgan fingerprint density at radius 2 is 2.14 bits per heavy atom. The first-order valence-electron chi connectivity index (χ1n) is 7.94. The van der Waals surface area contributed by atoms with Gasteiger partial charge < -0.3 is 9.47 Å². The number of hydrogen-bond acceptors (Lipinski definition) is 3. The molecule has 0 amide bonds. The molecule has 2 aromatic heterocycles. The number of aryl methyl sites for hydroxylation is 1. The molecule has 21 heavy (non-hydrogen) atoms. The molecule has 2 aromatic rings. The van der Waals surface area contributed by atoms with E-state index in [0.717, 1.165) is 24.5 Å². The van der Waals surface area contributed by atoms with Crippen LogP contribution in [-0.2, 0) is 13.0 Å². The zero-order chi connectivity index (χ0) is 14.7. The summed E-state index contributed by atoms with van der Waals surface area (Å²) in [5, 5.41) is 0. The Kier molecular flexibility index (Phi) is 4.34. The van der Waals surface area contributed by atoms with Gasteiger partial charge in [0.1, 0.15) is 5.69 Å². The standard InChI is InChI=1S/C17H24N4/c1-3-14-7-8-16(19-12-14)17-18-9-11-21(17)13-15-6-4-5-10-20(15)2/h7-9,11-12,15H,3-6,10,13H2,1-2H3/t15-/m1/s1. The van der Waals surface area contributed by atoms with Crippen molar-refractivity contribution in [2.45, 2.75) is 45.2 Å². The molecule has 0 N–H and O–H groups in total. The van der Waals surface area contributed by atoms with Crippen molar-refractivity contribution in [1.82, 2.24) is 19.4 Å². The van der Waals surface area contributed by atoms with Crippen LogP contribution in [0, 0.1) is 0 Å². The van der Waals surface area contributed by atoms with Crippen LogP contribution >= 0.6 is 0 Å². The van der Waals surface area contributed by atoms with Gasteiger partial charge in [-0.3, -0.25) is 4.98 Å². The smallest absolute Gasteiger partial charge is 0.158 e. The predicted molar refractivity (Wildman–Crippen MR) is 85.1 cm³/mol. The monoisotopic (exact) mass is 284 g/mol. The summed E-state index contributed by atoms with van der Waals surface area (Å²) in [6, 6.07) is 4.85. The summed E-state index contributed by atoms with van der Waals surface area (Å²) in [6.07, 6.45) is 10.9. The van der Waals surface area contributed by atoms with Gasteiger partial charge in [-0.05, 0) is 44.5 Å². The number of pyridine rings is 1. The quantitative estimate of drug-likeness (QED) is 0.865. The van der Waals surface area contributed by atoms with Crippen molar-refractivity contribution in [3.05, 3.63) is 36.3 Å². The van der Waals surface area contributed by atoms with Gasteiger partial charge in [0.2, 0.25) is 0 Å². The van der Waals surface area contributed by atoms with Gasteiger partial charge in [0.15, 0.2) is 5.82 Å². The van der Waals surface area contributed by atoms with Crippen LogP contribution in [0.25, 0.3) is 11.5 Å². The molecule has 4 heteroatoms. The summed E-state index contributed by atoms with van der Waals surface area (Å²) in [5.74, 6) is 0.983. The van der Waals surface area contributed by atoms with Crippen LogP contribution in [0.3, 0.4) is 0 Å². The summed E-state index contributed by atoms with van der Waals surface area (Å²) >= 11 is 0. The van der Waals surface area contributed by atoms with Crippen LogP contribution in [0.15, 0.2) is 30.7 Å². The number of likely N-dealkylation sites (tertiary alicyclic amines) is 1. The third-order valence-electron chi connectivity index (χ3n) is 4.51. The molecule has 3 heterocycles. The summed E-state index contributed by atoms with van der Waals surface area (Å²) in [7, 11) is 2.23. The van der Waals surface area contributed by atoms with Gasteiger partial charge in [0, 0.05) is 31.2 Å². The lowest BCUT2D eigenvalue weighted by molar-refractivity contribution is 0.168. The second-order valence-corrected chi connectivity index (χ2v) is 5.94. The summed E-state index contributed by atoms with van der Waals surface area (Å²) in [4.78, 5) is 11.6. The second kappa shape index (κ2) is 6.39. The first kappa shape index (κ1) is 14.3. The molecule has 0 bridgehead atoms. The van der Waals surface area contributed by atoms with Gasteiger partial charge in [-0.1, -0.05) is 19.4 Å². The lowest BCUT2D eigenvalue weighted by Crippen LogP contribution is -2.39. The SMILES string of the molecule is CCc1ccc(-c2nccn2C[C@H]2CCCCN2C)nc1. The molecule has 1 fully saturated rings. The van der Waals surface area contributed by atoms with Crippen molar-refractivity contribution in [2.75, 3.05) is 13.6 Å². The van der Waals surface area contributed by atoms with E-state index in [-0.39, 0.29) is 0 Å². The van der Waals surface area contributed by atoms with Crippen LogP contribution in [0.1, 0.15) is 31.7 Å². The average Bonchev–Trinajstić information content (AvgIpc) is 2.98. The summed E-state index contributed by atoms with van der Waals surface area (Å²) in [6.45, 7) is 4.36. The van der Waals surface area contributed by atoms with Crippen LogP contribution in [0.2, 0.25) is 0 Å². The van der Waals surface area contributed by atoms with Crippen molar-refractivity contribution in [3.63, 3.8) is 0 Å². The molecule has 1 atom stereocenters. The molecule has 1 aliphatic rings. The molecule has 0 radical (unpaired) electrons. The fourth-order valence-electron chi connectivity index (χ4n) is 3.06. The molecular formula is C17H24N4. The van der Waals surface area contributed by atoms with Gasteiger partial charge in [-0.25, -0.2) is 4.98 Å². The molecular weight excluding hydrogens is 260 g/mol. The molecule has 3 rings (SSSR count). The highest BCUT2D eigenvalue weighted by atomic mass is 15.2. The largest absolute Gasteiger partial charge is 0.328 e. The van der Waals surface area contributed by atoms with Gasteiger partial charge in [-0.2, -0.15) is 0 Å². The van der Waals surface area contributed by atoms with Gasteiger partial charge in [-0.15, -0.1) is 0 Å². The van der Waals surface area contributed by atoms with Crippen molar-refractivity contribution < 1.29 is 0 Å². The zero-order valence-corrected chi connectivity index (χ0v) is 13.0. The number of nitrogens with zero attached hydrogens (tertiary/aromatic N) is 4. The molecule has 0 saturated carbocycles. The van der Waals surface area contributed by atoms with Crippen molar-refractivity contribution in [2.24, 2.45) is 0 Å². The number of piperidine rings is 1. The molecule has 0 aliphatic carbocycles. The maximum atomic E-state index is 4.57. The van der Waals surface area contributed by atoms with E-state index in [2.05, 4.69) is 51.7 Å². The Hall–Kier alpha value is -1.68. The number of rotatable bonds is 4. The molecule has 1 saturated heterocycles. The van der Waals surface area contributed by atoms with Gasteiger partial charge in [0.25, 0.3) is 0 Å². The van der Waals surface area contributed by atoms with E-state index >= 15 is 0 Å². The minimum absolute atomic E-state index is 0.613. The average molecular weight is 284 g/mol. The Morgan fingerprint density at radius 1 is 1.24 bits per heavy atom. The third-order valence-corrected chi connectivity index (χ3v) is 4.51. The minimum Gasteiger partial charge on any atom is -0.328 e. The highest BCUT2D eigenvalue weighted by Gasteiger charge is 2.20. The van der Waals surface area contributed by atoms with Crippen LogP contribution in [-0.4, -0.2) is 39.1 Å². The number of imidazole rings is 1. The molecule has 4 nitrogen and oxygen atoms in total. The third kappa shape index (κ3) is 3.16. The Bertz CT molecular complexity index is 573. The Balaban J connectivity index is 1.79. The maximum absolute atomic E-state index is 4.57. The van der Waals surface area contributed by atoms with E-state index in [9.17, 15) is 0 Å². The first-order chi connectivity index (χ1) is 10.3. The Morgan fingerprint density at radius 3 is 2.86 bits per heavy atom. The lowest BCUT2D eigenvalue weighted by Gasteiger charge is -2.32. The highest BCUT2D eigenvalue weighted by Crippen LogP contribution is 2.20. The van der Waals surface area contributed by atoms with Crippen molar-refractivity contribution in [1.29, 1.82) is 0 Å². The molecule has 0 unspecified atom stereocenters. The van der Waals surface area contributed by atoms with E-state index in [1.165, 1.54) is 31.4 Å². The normalized spacial score (nSPS) is 19.8. The predicted octanol–water partition coefficient (Wildman–Crippen LogP) is 2.99. The molecule has 112 valence electrons. The second-order valence-electron chi connectivity index (χ2n) is 5.94. The molecule has 1 aliphatic heterocycles. The molecule has 0 spiro atoms. The van der Waals surface area contributed by atoms with E-state index < -0.39 is 0 Å². The fourth-order valence-corrected chi connectivity index (χ4v) is 3.06. The fraction of sp³-hybridized carbons (Fsp3) is 0.529. The van der Waals surface area contributed by atoms with Crippen molar-refractivity contribution >= 4 is 0 Å². The summed E-state index contributed by atoms with van der Waals surface area (Å²) < 4.78 is 2.25. The minimum atomic E-state index is 0.613. The number of hydrogen-bond donors (Lipinski definition) is 0. The topological polar surface area (TPSA) is 34.0 Å². The van der Waals surface area contributed by atoms with Gasteiger partial charge >= 0.3 is 0 Å². The zero-order valence-electron chi connectivity index (χ0n) is 13.0. The lowest BCUT2D eigenvalue weighted by atomic mass is 10.0. The number of likely N-dealkylation sites (N-methyl/N-ethyl adjacent to an activating group) is 1. The maximum Gasteiger partial charge on any atom is 0.158 e. The number of aromatic nitrogens is 3. The van der Waals surface area contributed by atoms with Crippen LogP contribution in [0.4, 0.5) is 0 Å². The van der Waals surface area contributed by atoms with Crippen LogP contribution < -0.4 is 0 Å². The first-order valence-corrected chi connectivity index (χ1v) is 7.94. The molecule has 0 aromatic carbocycles. The van der Waals surface area contributed by atoms with Crippen LogP contribution in [0.5, 0.6) is 0 Å². The van der Waals surface area contributed by atoms with E-state index in [4.69, 9.17) is 0 Å². The Labute approximate surface area is 126 Å². The van der Waals surface area contributed by atoms with E-state index in [0.29, 0.717) is 6.04 Å². The van der Waals surface area contributed by atoms with Gasteiger partial charge in [0.05, 0.1) is 0 Å². The highest BCUT2D eigenvalue weighted by molar-refractivity contribution is 5.49. The van der Waals surface area contributed by atoms with E-state index in [1.54, 1.807) is 0 Å².